The van der Waals surface area contributed by atoms with Gasteiger partial charge < -0.3 is 5.11 Å². The van der Waals surface area contributed by atoms with Crippen LogP contribution in [0.1, 0.15) is 27.2 Å². The molecule has 2 aliphatic rings. The van der Waals surface area contributed by atoms with Crippen molar-refractivity contribution in [2.75, 3.05) is 0 Å². The molecule has 1 unspecified atom stereocenters. The molecule has 1 heteroatoms. The first-order valence-electron chi connectivity index (χ1n) is 5.48. The van der Waals surface area contributed by atoms with Crippen molar-refractivity contribution in [2.24, 2.45) is 11.3 Å². The number of rotatable bonds is 0. The molecular weight excluding hydrogens is 184 g/mol. The third kappa shape index (κ3) is 2.06. The highest BCUT2D eigenvalue weighted by molar-refractivity contribution is 5.44. The normalized spacial score (nSPS) is 25.3. The lowest BCUT2D eigenvalue weighted by Gasteiger charge is -2.28. The van der Waals surface area contributed by atoms with Crippen molar-refractivity contribution < 1.29 is 5.11 Å². The Morgan fingerprint density at radius 1 is 1.27 bits per heavy atom. The maximum Gasteiger partial charge on any atom is 0.112 e. The van der Waals surface area contributed by atoms with Crippen molar-refractivity contribution >= 4 is 0 Å². The van der Waals surface area contributed by atoms with Crippen molar-refractivity contribution in [3.63, 3.8) is 0 Å². The zero-order chi connectivity index (χ0) is 11.1. The number of allylic oxidation sites excluding steroid dienone is 7. The molecule has 0 fully saturated rings. The van der Waals surface area contributed by atoms with Gasteiger partial charge in [-0.25, -0.2) is 0 Å². The van der Waals surface area contributed by atoms with Gasteiger partial charge in [0, 0.05) is 5.92 Å². The fourth-order valence-corrected chi connectivity index (χ4v) is 2.04. The van der Waals surface area contributed by atoms with Crippen molar-refractivity contribution in [3.05, 3.63) is 47.3 Å². The third-order valence-electron chi connectivity index (χ3n) is 3.03. The summed E-state index contributed by atoms with van der Waals surface area (Å²) in [5, 5.41) is 9.40. The molecule has 2 aliphatic carbocycles. The molecule has 80 valence electrons. The summed E-state index contributed by atoms with van der Waals surface area (Å²) in [5.41, 5.74) is 2.93. The van der Waals surface area contributed by atoms with Gasteiger partial charge in [-0.05, 0) is 35.1 Å². The van der Waals surface area contributed by atoms with Crippen LogP contribution in [-0.4, -0.2) is 5.11 Å². The SMILES string of the molecule is CC(C)(C)C1=CCC2C=C(O)C=CC2=C1. The molecule has 0 saturated heterocycles. The highest BCUT2D eigenvalue weighted by atomic mass is 16.3. The number of aliphatic hydroxyl groups excluding tert-OH is 1. The first-order chi connectivity index (χ1) is 6.97. The Kier molecular flexibility index (Phi) is 2.34. The van der Waals surface area contributed by atoms with E-state index in [1.165, 1.54) is 11.1 Å². The molecular formula is C14H18O. The molecule has 0 aromatic rings. The molecule has 0 saturated carbocycles. The summed E-state index contributed by atoms with van der Waals surface area (Å²) in [6.45, 7) is 6.70. The molecule has 0 aromatic heterocycles. The summed E-state index contributed by atoms with van der Waals surface area (Å²) >= 11 is 0. The first kappa shape index (κ1) is 10.3. The van der Waals surface area contributed by atoms with Crippen molar-refractivity contribution in [3.8, 4) is 0 Å². The highest BCUT2D eigenvalue weighted by Crippen LogP contribution is 2.36. The summed E-state index contributed by atoms with van der Waals surface area (Å²) in [6.07, 6.45) is 11.3. The Labute approximate surface area is 91.5 Å². The van der Waals surface area contributed by atoms with Gasteiger partial charge in [-0.15, -0.1) is 0 Å². The maximum absolute atomic E-state index is 9.40. The molecule has 15 heavy (non-hydrogen) atoms. The number of fused-ring (bicyclic) bond motifs is 1. The fraction of sp³-hybridized carbons (Fsp3) is 0.429. The van der Waals surface area contributed by atoms with Gasteiger partial charge >= 0.3 is 0 Å². The molecule has 0 amide bonds. The van der Waals surface area contributed by atoms with E-state index in [9.17, 15) is 5.11 Å². The lowest BCUT2D eigenvalue weighted by molar-refractivity contribution is 0.422. The van der Waals surface area contributed by atoms with Gasteiger partial charge in [0.25, 0.3) is 0 Å². The number of hydrogen-bond donors (Lipinski definition) is 1. The standard InChI is InChI=1S/C14H18O/c1-14(2,3)12-6-4-11-9-13(15)7-5-10(11)8-12/h5-9,11,15H,4H2,1-3H3. The average molecular weight is 202 g/mol. The monoisotopic (exact) mass is 202 g/mol. The highest BCUT2D eigenvalue weighted by Gasteiger charge is 2.22. The third-order valence-corrected chi connectivity index (χ3v) is 3.03. The molecule has 0 aromatic carbocycles. The van der Waals surface area contributed by atoms with Crippen LogP contribution in [0, 0.1) is 11.3 Å². The van der Waals surface area contributed by atoms with Crippen LogP contribution in [0.5, 0.6) is 0 Å². The van der Waals surface area contributed by atoms with Crippen LogP contribution < -0.4 is 0 Å². The van der Waals surface area contributed by atoms with E-state index in [-0.39, 0.29) is 5.41 Å². The van der Waals surface area contributed by atoms with Gasteiger partial charge in [-0.3, -0.25) is 0 Å². The fourth-order valence-electron chi connectivity index (χ4n) is 2.04. The second-order valence-electron chi connectivity index (χ2n) is 5.32. The predicted octanol–water partition coefficient (Wildman–Crippen LogP) is 3.92. The molecule has 0 aliphatic heterocycles. The summed E-state index contributed by atoms with van der Waals surface area (Å²) in [5.74, 6) is 0.769. The lowest BCUT2D eigenvalue weighted by Crippen LogP contribution is -2.14. The molecule has 0 spiro atoms. The Hall–Kier alpha value is -1.24. The quantitative estimate of drug-likeness (QED) is 0.631. The Balaban J connectivity index is 2.29. The van der Waals surface area contributed by atoms with E-state index in [1.807, 2.05) is 12.2 Å². The van der Waals surface area contributed by atoms with E-state index in [2.05, 4.69) is 32.9 Å². The molecule has 2 rings (SSSR count). The molecule has 0 bridgehead atoms. The summed E-state index contributed by atoms with van der Waals surface area (Å²) < 4.78 is 0. The summed E-state index contributed by atoms with van der Waals surface area (Å²) in [7, 11) is 0. The van der Waals surface area contributed by atoms with E-state index in [0.29, 0.717) is 11.7 Å². The van der Waals surface area contributed by atoms with Gasteiger partial charge in [0.15, 0.2) is 0 Å². The van der Waals surface area contributed by atoms with Gasteiger partial charge in [-0.1, -0.05) is 39.0 Å². The van der Waals surface area contributed by atoms with Gasteiger partial charge in [0.05, 0.1) is 0 Å². The minimum absolute atomic E-state index is 0.217. The Bertz CT molecular complexity index is 386. The largest absolute Gasteiger partial charge is 0.508 e. The molecule has 1 atom stereocenters. The molecule has 0 heterocycles. The van der Waals surface area contributed by atoms with E-state index in [4.69, 9.17) is 0 Å². The van der Waals surface area contributed by atoms with Crippen LogP contribution in [0.4, 0.5) is 0 Å². The number of aliphatic hydroxyl groups is 1. The second kappa shape index (κ2) is 3.41. The van der Waals surface area contributed by atoms with Gasteiger partial charge in [-0.2, -0.15) is 0 Å². The predicted molar refractivity (Wildman–Crippen MR) is 63.6 cm³/mol. The zero-order valence-corrected chi connectivity index (χ0v) is 9.62. The van der Waals surface area contributed by atoms with Crippen LogP contribution in [0.2, 0.25) is 0 Å². The average Bonchev–Trinajstić information content (AvgIpc) is 2.15. The second-order valence-corrected chi connectivity index (χ2v) is 5.32. The van der Waals surface area contributed by atoms with E-state index in [0.717, 1.165) is 6.42 Å². The molecule has 1 N–H and O–H groups in total. The lowest BCUT2D eigenvalue weighted by atomic mass is 9.77. The minimum Gasteiger partial charge on any atom is -0.508 e. The van der Waals surface area contributed by atoms with Gasteiger partial charge in [0.1, 0.15) is 5.76 Å². The van der Waals surface area contributed by atoms with Crippen LogP contribution in [0.25, 0.3) is 0 Å². The van der Waals surface area contributed by atoms with Crippen LogP contribution >= 0.6 is 0 Å². The topological polar surface area (TPSA) is 20.2 Å². The maximum atomic E-state index is 9.40. The minimum atomic E-state index is 0.217. The first-order valence-corrected chi connectivity index (χ1v) is 5.48. The van der Waals surface area contributed by atoms with Crippen molar-refractivity contribution in [1.82, 2.24) is 0 Å². The van der Waals surface area contributed by atoms with E-state index in [1.54, 1.807) is 6.08 Å². The van der Waals surface area contributed by atoms with E-state index >= 15 is 0 Å². The molecule has 1 nitrogen and oxygen atoms in total. The Morgan fingerprint density at radius 3 is 2.67 bits per heavy atom. The number of hydrogen-bond acceptors (Lipinski definition) is 1. The smallest absolute Gasteiger partial charge is 0.112 e. The summed E-state index contributed by atoms with van der Waals surface area (Å²) in [6, 6.07) is 0. The van der Waals surface area contributed by atoms with Crippen LogP contribution in [0.15, 0.2) is 47.3 Å². The van der Waals surface area contributed by atoms with Crippen LogP contribution in [0.3, 0.4) is 0 Å². The Morgan fingerprint density at radius 2 is 2.00 bits per heavy atom. The van der Waals surface area contributed by atoms with Crippen molar-refractivity contribution in [2.45, 2.75) is 27.2 Å². The van der Waals surface area contributed by atoms with E-state index < -0.39 is 0 Å². The summed E-state index contributed by atoms with van der Waals surface area (Å²) in [4.78, 5) is 0. The molecule has 0 radical (unpaired) electrons. The van der Waals surface area contributed by atoms with Gasteiger partial charge in [0.2, 0.25) is 0 Å². The zero-order valence-electron chi connectivity index (χ0n) is 9.62. The van der Waals surface area contributed by atoms with Crippen LogP contribution in [-0.2, 0) is 0 Å². The van der Waals surface area contributed by atoms with Crippen molar-refractivity contribution in [1.29, 1.82) is 0 Å².